The molecule has 1 heterocycles. The average molecular weight is 290 g/mol. The van der Waals surface area contributed by atoms with Crippen LogP contribution >= 0.6 is 0 Å². The molecule has 0 saturated heterocycles. The first-order chi connectivity index (χ1) is 10.2. The Balaban J connectivity index is 2.01. The molecule has 0 bridgehead atoms. The standard InChI is InChI=1S/C16H16F2N2O/c17-11-7-10(8-12(18)9-11)16(20-19)14-5-6-21-15-4-2-1-3-13(14)15/h1-4,7-9,14,16,20H,5-6,19H2. The van der Waals surface area contributed by atoms with Crippen molar-refractivity contribution < 1.29 is 13.5 Å². The molecular weight excluding hydrogens is 274 g/mol. The van der Waals surface area contributed by atoms with E-state index in [2.05, 4.69) is 5.43 Å². The zero-order valence-electron chi connectivity index (χ0n) is 11.4. The van der Waals surface area contributed by atoms with E-state index in [0.29, 0.717) is 12.2 Å². The molecule has 1 aliphatic heterocycles. The summed E-state index contributed by atoms with van der Waals surface area (Å²) in [7, 11) is 0. The van der Waals surface area contributed by atoms with Gasteiger partial charge in [-0.1, -0.05) is 18.2 Å². The molecule has 0 radical (unpaired) electrons. The first kappa shape index (κ1) is 14.0. The summed E-state index contributed by atoms with van der Waals surface area (Å²) in [5.41, 5.74) is 4.19. The van der Waals surface area contributed by atoms with Crippen molar-refractivity contribution in [2.45, 2.75) is 18.4 Å². The van der Waals surface area contributed by atoms with E-state index in [1.165, 1.54) is 12.1 Å². The van der Waals surface area contributed by atoms with Crippen molar-refractivity contribution in [1.29, 1.82) is 0 Å². The molecule has 0 spiro atoms. The lowest BCUT2D eigenvalue weighted by atomic mass is 9.83. The van der Waals surface area contributed by atoms with Crippen LogP contribution in [0.3, 0.4) is 0 Å². The zero-order chi connectivity index (χ0) is 14.8. The summed E-state index contributed by atoms with van der Waals surface area (Å²) in [5, 5.41) is 0. The molecular formula is C16H16F2N2O. The minimum absolute atomic E-state index is 0.00106. The van der Waals surface area contributed by atoms with Crippen molar-refractivity contribution >= 4 is 0 Å². The summed E-state index contributed by atoms with van der Waals surface area (Å²) in [4.78, 5) is 0. The largest absolute Gasteiger partial charge is 0.493 e. The van der Waals surface area contributed by atoms with Gasteiger partial charge in [0.2, 0.25) is 0 Å². The van der Waals surface area contributed by atoms with E-state index in [9.17, 15) is 8.78 Å². The lowest BCUT2D eigenvalue weighted by Crippen LogP contribution is -2.34. The van der Waals surface area contributed by atoms with Crippen molar-refractivity contribution in [2.24, 2.45) is 5.84 Å². The van der Waals surface area contributed by atoms with Gasteiger partial charge in [0.05, 0.1) is 12.6 Å². The van der Waals surface area contributed by atoms with E-state index in [0.717, 1.165) is 23.8 Å². The monoisotopic (exact) mass is 290 g/mol. The van der Waals surface area contributed by atoms with E-state index in [-0.39, 0.29) is 12.0 Å². The number of para-hydroxylation sites is 1. The Hall–Kier alpha value is -1.98. The van der Waals surface area contributed by atoms with Crippen LogP contribution in [0.2, 0.25) is 0 Å². The van der Waals surface area contributed by atoms with Gasteiger partial charge in [-0.15, -0.1) is 0 Å². The van der Waals surface area contributed by atoms with Gasteiger partial charge in [0.25, 0.3) is 0 Å². The maximum absolute atomic E-state index is 13.5. The lowest BCUT2D eigenvalue weighted by molar-refractivity contribution is 0.246. The highest BCUT2D eigenvalue weighted by Gasteiger charge is 2.29. The first-order valence-corrected chi connectivity index (χ1v) is 6.83. The Kier molecular flexibility index (Phi) is 3.86. The van der Waals surface area contributed by atoms with E-state index < -0.39 is 11.6 Å². The predicted molar refractivity (Wildman–Crippen MR) is 75.7 cm³/mol. The minimum Gasteiger partial charge on any atom is -0.493 e. The van der Waals surface area contributed by atoms with E-state index >= 15 is 0 Å². The fourth-order valence-corrected chi connectivity index (χ4v) is 2.92. The van der Waals surface area contributed by atoms with Gasteiger partial charge in [0.1, 0.15) is 17.4 Å². The number of halogens is 2. The number of benzene rings is 2. The second-order valence-corrected chi connectivity index (χ2v) is 5.13. The summed E-state index contributed by atoms with van der Waals surface area (Å²) in [6, 6.07) is 10.8. The van der Waals surface area contributed by atoms with Gasteiger partial charge in [-0.25, -0.2) is 8.78 Å². The molecule has 0 fully saturated rings. The highest BCUT2D eigenvalue weighted by atomic mass is 19.1. The van der Waals surface area contributed by atoms with Gasteiger partial charge in [0.15, 0.2) is 0 Å². The quantitative estimate of drug-likeness (QED) is 0.674. The molecule has 0 aromatic heterocycles. The molecule has 3 N–H and O–H groups in total. The molecule has 2 aromatic carbocycles. The average Bonchev–Trinajstić information content (AvgIpc) is 2.47. The van der Waals surface area contributed by atoms with Crippen molar-refractivity contribution in [2.75, 3.05) is 6.61 Å². The second-order valence-electron chi connectivity index (χ2n) is 5.13. The molecule has 3 nitrogen and oxygen atoms in total. The third-order valence-corrected chi connectivity index (χ3v) is 3.83. The van der Waals surface area contributed by atoms with Gasteiger partial charge in [0, 0.05) is 12.0 Å². The van der Waals surface area contributed by atoms with E-state index in [1.807, 2.05) is 24.3 Å². The topological polar surface area (TPSA) is 47.3 Å². The first-order valence-electron chi connectivity index (χ1n) is 6.83. The Morgan fingerprint density at radius 1 is 1.14 bits per heavy atom. The third-order valence-electron chi connectivity index (χ3n) is 3.83. The van der Waals surface area contributed by atoms with Crippen LogP contribution in [0.4, 0.5) is 8.78 Å². The van der Waals surface area contributed by atoms with Crippen molar-refractivity contribution in [3.63, 3.8) is 0 Å². The van der Waals surface area contributed by atoms with Crippen LogP contribution in [-0.4, -0.2) is 6.61 Å². The van der Waals surface area contributed by atoms with Crippen LogP contribution < -0.4 is 16.0 Å². The van der Waals surface area contributed by atoms with Gasteiger partial charge in [-0.3, -0.25) is 11.3 Å². The number of rotatable bonds is 3. The summed E-state index contributed by atoms with van der Waals surface area (Å²) in [6.07, 6.45) is 0.726. The Morgan fingerprint density at radius 2 is 1.86 bits per heavy atom. The Bertz CT molecular complexity index is 628. The maximum atomic E-state index is 13.5. The molecule has 110 valence electrons. The molecule has 21 heavy (non-hydrogen) atoms. The number of hydrogen-bond donors (Lipinski definition) is 2. The van der Waals surface area contributed by atoms with E-state index in [1.54, 1.807) is 0 Å². The highest BCUT2D eigenvalue weighted by molar-refractivity contribution is 5.40. The van der Waals surface area contributed by atoms with Crippen molar-refractivity contribution in [1.82, 2.24) is 5.43 Å². The summed E-state index contributed by atoms with van der Waals surface area (Å²) >= 11 is 0. The molecule has 0 saturated carbocycles. The Morgan fingerprint density at radius 3 is 2.57 bits per heavy atom. The highest BCUT2D eigenvalue weighted by Crippen LogP contribution is 2.41. The van der Waals surface area contributed by atoms with Crippen LogP contribution in [0, 0.1) is 11.6 Å². The SMILES string of the molecule is NNC(c1cc(F)cc(F)c1)C1CCOc2ccccc21. The minimum atomic E-state index is -0.606. The number of hydrogen-bond acceptors (Lipinski definition) is 3. The van der Waals surface area contributed by atoms with E-state index in [4.69, 9.17) is 10.6 Å². The molecule has 2 unspecified atom stereocenters. The van der Waals surface area contributed by atoms with Crippen molar-refractivity contribution in [3.05, 3.63) is 65.2 Å². The summed E-state index contributed by atoms with van der Waals surface area (Å²) in [5.74, 6) is 5.24. The number of nitrogens with one attached hydrogen (secondary N) is 1. The van der Waals surface area contributed by atoms with Crippen LogP contribution in [0.5, 0.6) is 5.75 Å². The number of hydrazine groups is 1. The second kappa shape index (κ2) is 5.79. The van der Waals surface area contributed by atoms with Gasteiger partial charge >= 0.3 is 0 Å². The molecule has 2 atom stereocenters. The van der Waals surface area contributed by atoms with Crippen LogP contribution in [-0.2, 0) is 0 Å². The van der Waals surface area contributed by atoms with Gasteiger partial charge in [-0.05, 0) is 35.7 Å². The molecule has 5 heteroatoms. The molecule has 2 aromatic rings. The van der Waals surface area contributed by atoms with Gasteiger partial charge < -0.3 is 4.74 Å². The summed E-state index contributed by atoms with van der Waals surface area (Å²) < 4.78 is 32.5. The fraction of sp³-hybridized carbons (Fsp3) is 0.250. The lowest BCUT2D eigenvalue weighted by Gasteiger charge is -2.32. The maximum Gasteiger partial charge on any atom is 0.126 e. The number of nitrogens with two attached hydrogens (primary N) is 1. The van der Waals surface area contributed by atoms with Crippen molar-refractivity contribution in [3.8, 4) is 5.75 Å². The van der Waals surface area contributed by atoms with Crippen LogP contribution in [0.25, 0.3) is 0 Å². The Labute approximate surface area is 121 Å². The number of fused-ring (bicyclic) bond motifs is 1. The zero-order valence-corrected chi connectivity index (χ0v) is 11.4. The van der Waals surface area contributed by atoms with Crippen LogP contribution in [0.1, 0.15) is 29.5 Å². The number of ether oxygens (including phenoxy) is 1. The molecule has 3 rings (SSSR count). The predicted octanol–water partition coefficient (Wildman–Crippen LogP) is 3.04. The molecule has 1 aliphatic rings. The fourth-order valence-electron chi connectivity index (χ4n) is 2.92. The normalized spacial score (nSPS) is 18.7. The summed E-state index contributed by atoms with van der Waals surface area (Å²) in [6.45, 7) is 0.553. The third kappa shape index (κ3) is 2.75. The van der Waals surface area contributed by atoms with Gasteiger partial charge in [-0.2, -0.15) is 0 Å². The molecule has 0 aliphatic carbocycles. The smallest absolute Gasteiger partial charge is 0.126 e. The van der Waals surface area contributed by atoms with Crippen LogP contribution in [0.15, 0.2) is 42.5 Å². The molecule has 0 amide bonds.